The standard InChI is InChI=1S/C19H25ClN2O/c1-2-11-22-13-15(18-16(20)9-6-10-17(18)22)19(23)21-12-14-7-4-3-5-8-14/h6,9-10,13-14H,2-5,7-8,11-12H2,1H3,(H,21,23). The van der Waals surface area contributed by atoms with E-state index < -0.39 is 0 Å². The van der Waals surface area contributed by atoms with E-state index in [0.29, 0.717) is 16.5 Å². The molecule has 0 atom stereocenters. The summed E-state index contributed by atoms with van der Waals surface area (Å²) >= 11 is 6.38. The second-order valence-electron chi connectivity index (χ2n) is 6.58. The molecular formula is C19H25ClN2O. The quantitative estimate of drug-likeness (QED) is 0.820. The summed E-state index contributed by atoms with van der Waals surface area (Å²) < 4.78 is 2.14. The van der Waals surface area contributed by atoms with Crippen molar-refractivity contribution < 1.29 is 4.79 Å². The van der Waals surface area contributed by atoms with Crippen LogP contribution < -0.4 is 5.32 Å². The molecule has 1 amide bonds. The number of carbonyl (C=O) groups excluding carboxylic acids is 1. The van der Waals surface area contributed by atoms with Gasteiger partial charge in [0.2, 0.25) is 0 Å². The summed E-state index contributed by atoms with van der Waals surface area (Å²) in [7, 11) is 0. The molecule has 124 valence electrons. The maximum absolute atomic E-state index is 12.7. The molecular weight excluding hydrogens is 308 g/mol. The number of rotatable bonds is 5. The van der Waals surface area contributed by atoms with Crippen LogP contribution in [0.4, 0.5) is 0 Å². The molecule has 1 aromatic heterocycles. The molecule has 0 radical (unpaired) electrons. The molecule has 3 nitrogen and oxygen atoms in total. The molecule has 1 fully saturated rings. The van der Waals surface area contributed by atoms with Gasteiger partial charge in [0.1, 0.15) is 0 Å². The molecule has 2 aromatic rings. The lowest BCUT2D eigenvalue weighted by molar-refractivity contribution is 0.0945. The molecule has 1 aliphatic rings. The Morgan fingerprint density at radius 1 is 1.30 bits per heavy atom. The van der Waals surface area contributed by atoms with E-state index in [1.165, 1.54) is 32.1 Å². The normalized spacial score (nSPS) is 15.9. The van der Waals surface area contributed by atoms with E-state index in [-0.39, 0.29) is 5.91 Å². The zero-order valence-electron chi connectivity index (χ0n) is 13.8. The number of aromatic nitrogens is 1. The Morgan fingerprint density at radius 2 is 2.09 bits per heavy atom. The molecule has 1 aromatic carbocycles. The average molecular weight is 333 g/mol. The summed E-state index contributed by atoms with van der Waals surface area (Å²) in [4.78, 5) is 12.7. The molecule has 0 bridgehead atoms. The van der Waals surface area contributed by atoms with Crippen molar-refractivity contribution in [1.82, 2.24) is 9.88 Å². The van der Waals surface area contributed by atoms with E-state index in [4.69, 9.17) is 11.6 Å². The summed E-state index contributed by atoms with van der Waals surface area (Å²) in [5, 5.41) is 4.66. The van der Waals surface area contributed by atoms with Gasteiger partial charge in [-0.25, -0.2) is 0 Å². The van der Waals surface area contributed by atoms with E-state index in [2.05, 4.69) is 16.8 Å². The van der Waals surface area contributed by atoms with Crippen molar-refractivity contribution >= 4 is 28.4 Å². The zero-order valence-corrected chi connectivity index (χ0v) is 14.5. The van der Waals surface area contributed by atoms with Crippen molar-refractivity contribution in [3.63, 3.8) is 0 Å². The predicted molar refractivity (Wildman–Crippen MR) is 96.1 cm³/mol. The topological polar surface area (TPSA) is 34.0 Å². The highest BCUT2D eigenvalue weighted by Gasteiger charge is 2.19. The lowest BCUT2D eigenvalue weighted by atomic mass is 9.89. The molecule has 1 heterocycles. The first-order valence-corrected chi connectivity index (χ1v) is 9.14. The fourth-order valence-corrected chi connectivity index (χ4v) is 3.90. The molecule has 0 unspecified atom stereocenters. The molecule has 1 N–H and O–H groups in total. The summed E-state index contributed by atoms with van der Waals surface area (Å²) in [5.74, 6) is 0.635. The maximum atomic E-state index is 12.7. The van der Waals surface area contributed by atoms with Crippen LogP contribution in [0, 0.1) is 5.92 Å². The van der Waals surface area contributed by atoms with Crippen LogP contribution in [-0.4, -0.2) is 17.0 Å². The number of halogens is 1. The van der Waals surface area contributed by atoms with Crippen LogP contribution in [0.2, 0.25) is 5.02 Å². The van der Waals surface area contributed by atoms with Crippen LogP contribution in [0.1, 0.15) is 55.8 Å². The number of hydrogen-bond donors (Lipinski definition) is 1. The average Bonchev–Trinajstić information content (AvgIpc) is 2.94. The largest absolute Gasteiger partial charge is 0.352 e. The second-order valence-corrected chi connectivity index (χ2v) is 6.99. The minimum atomic E-state index is 0.00327. The molecule has 23 heavy (non-hydrogen) atoms. The van der Waals surface area contributed by atoms with Crippen molar-refractivity contribution in [3.8, 4) is 0 Å². The third-order valence-corrected chi connectivity index (χ3v) is 5.16. The zero-order chi connectivity index (χ0) is 16.2. The predicted octanol–water partition coefficient (Wildman–Crippen LogP) is 5.01. The maximum Gasteiger partial charge on any atom is 0.253 e. The first-order chi connectivity index (χ1) is 11.2. The highest BCUT2D eigenvalue weighted by Crippen LogP contribution is 2.29. The third-order valence-electron chi connectivity index (χ3n) is 4.84. The van der Waals surface area contributed by atoms with Crippen molar-refractivity contribution in [2.75, 3.05) is 6.54 Å². The van der Waals surface area contributed by atoms with Gasteiger partial charge in [-0.1, -0.05) is 43.9 Å². The van der Waals surface area contributed by atoms with Gasteiger partial charge in [-0.05, 0) is 37.3 Å². The highest BCUT2D eigenvalue weighted by molar-refractivity contribution is 6.36. The Kier molecular flexibility index (Phi) is 5.27. The third kappa shape index (κ3) is 3.55. The fraction of sp³-hybridized carbons (Fsp3) is 0.526. The summed E-state index contributed by atoms with van der Waals surface area (Å²) in [5.41, 5.74) is 1.75. The van der Waals surface area contributed by atoms with Crippen molar-refractivity contribution in [3.05, 3.63) is 35.0 Å². The summed E-state index contributed by atoms with van der Waals surface area (Å²) in [6, 6.07) is 5.84. The van der Waals surface area contributed by atoms with Crippen LogP contribution in [0.3, 0.4) is 0 Å². The van der Waals surface area contributed by atoms with Crippen LogP contribution in [-0.2, 0) is 6.54 Å². The number of amides is 1. The minimum Gasteiger partial charge on any atom is -0.352 e. The molecule has 0 aliphatic heterocycles. The van der Waals surface area contributed by atoms with Crippen molar-refractivity contribution in [1.29, 1.82) is 0 Å². The fourth-order valence-electron chi connectivity index (χ4n) is 3.63. The number of nitrogens with zero attached hydrogens (tertiary/aromatic N) is 1. The number of benzene rings is 1. The first-order valence-electron chi connectivity index (χ1n) is 8.76. The van der Waals surface area contributed by atoms with Crippen molar-refractivity contribution in [2.24, 2.45) is 5.92 Å². The van der Waals surface area contributed by atoms with Gasteiger partial charge in [-0.2, -0.15) is 0 Å². The number of fused-ring (bicyclic) bond motifs is 1. The molecule has 0 saturated heterocycles. The summed E-state index contributed by atoms with van der Waals surface area (Å²) in [6.45, 7) is 3.82. The van der Waals surface area contributed by atoms with Gasteiger partial charge in [0.15, 0.2) is 0 Å². The number of aryl methyl sites for hydroxylation is 1. The molecule has 3 rings (SSSR count). The van der Waals surface area contributed by atoms with E-state index in [0.717, 1.165) is 30.4 Å². The van der Waals surface area contributed by atoms with Crippen LogP contribution >= 0.6 is 11.6 Å². The van der Waals surface area contributed by atoms with E-state index in [9.17, 15) is 4.79 Å². The molecule has 4 heteroatoms. The SMILES string of the molecule is CCCn1cc(C(=O)NCC2CCCCC2)c2c(Cl)cccc21. The number of nitrogens with one attached hydrogen (secondary N) is 1. The highest BCUT2D eigenvalue weighted by atomic mass is 35.5. The van der Waals surface area contributed by atoms with Gasteiger partial charge in [0.05, 0.1) is 16.1 Å². The molecule has 1 saturated carbocycles. The second kappa shape index (κ2) is 7.39. The van der Waals surface area contributed by atoms with Gasteiger partial charge in [0, 0.05) is 24.7 Å². The Morgan fingerprint density at radius 3 is 2.83 bits per heavy atom. The lowest BCUT2D eigenvalue weighted by Crippen LogP contribution is -2.30. The van der Waals surface area contributed by atoms with Gasteiger partial charge in [-0.15, -0.1) is 0 Å². The van der Waals surface area contributed by atoms with Gasteiger partial charge >= 0.3 is 0 Å². The Labute approximate surface area is 143 Å². The van der Waals surface area contributed by atoms with Crippen molar-refractivity contribution in [2.45, 2.75) is 52.0 Å². The number of hydrogen-bond acceptors (Lipinski definition) is 1. The van der Waals surface area contributed by atoms with Crippen LogP contribution in [0.25, 0.3) is 10.9 Å². The summed E-state index contributed by atoms with van der Waals surface area (Å²) in [6.07, 6.45) is 9.38. The Hall–Kier alpha value is -1.48. The lowest BCUT2D eigenvalue weighted by Gasteiger charge is -2.21. The minimum absolute atomic E-state index is 0.00327. The van der Waals surface area contributed by atoms with Gasteiger partial charge < -0.3 is 9.88 Å². The Bertz CT molecular complexity index is 686. The molecule has 1 aliphatic carbocycles. The van der Waals surface area contributed by atoms with Crippen LogP contribution in [0.5, 0.6) is 0 Å². The van der Waals surface area contributed by atoms with E-state index >= 15 is 0 Å². The monoisotopic (exact) mass is 332 g/mol. The smallest absolute Gasteiger partial charge is 0.253 e. The van der Waals surface area contributed by atoms with Crippen LogP contribution in [0.15, 0.2) is 24.4 Å². The van der Waals surface area contributed by atoms with E-state index in [1.807, 2.05) is 24.4 Å². The van der Waals surface area contributed by atoms with Gasteiger partial charge in [-0.3, -0.25) is 4.79 Å². The molecule has 0 spiro atoms. The Balaban J connectivity index is 1.81. The first kappa shape index (κ1) is 16.4. The number of carbonyl (C=O) groups is 1. The van der Waals surface area contributed by atoms with E-state index in [1.54, 1.807) is 0 Å². The van der Waals surface area contributed by atoms with Gasteiger partial charge in [0.25, 0.3) is 5.91 Å².